The summed E-state index contributed by atoms with van der Waals surface area (Å²) in [6.07, 6.45) is 0. The van der Waals surface area contributed by atoms with E-state index >= 15 is 0 Å². The van der Waals surface area contributed by atoms with Crippen LogP contribution in [0.3, 0.4) is 0 Å². The quantitative estimate of drug-likeness (QED) is 0.399. The van der Waals surface area contributed by atoms with Crippen LogP contribution in [0.5, 0.6) is 0 Å². The molecule has 1 aromatic rings. The molecule has 0 saturated carbocycles. The number of hydrogen-bond acceptors (Lipinski definition) is 3. The molecule has 72 valence electrons. The molecule has 1 aromatic carbocycles. The van der Waals surface area contributed by atoms with E-state index < -0.39 is 0 Å². The van der Waals surface area contributed by atoms with E-state index in [1.165, 1.54) is 14.2 Å². The van der Waals surface area contributed by atoms with E-state index in [9.17, 15) is 4.79 Å². The monoisotopic (exact) mass is 182 g/mol. The average molecular weight is 182 g/mol. The van der Waals surface area contributed by atoms with E-state index in [2.05, 4.69) is 9.78 Å². The van der Waals surface area contributed by atoms with Gasteiger partial charge in [0.1, 0.15) is 0 Å². The van der Waals surface area contributed by atoms with Gasteiger partial charge in [0.2, 0.25) is 0 Å². The van der Waals surface area contributed by atoms with Crippen molar-refractivity contribution in [3.8, 4) is 0 Å². The van der Waals surface area contributed by atoms with E-state index in [0.29, 0.717) is 0 Å². The molecular formula is C10H14O3. The predicted molar refractivity (Wildman–Crippen MR) is 50.5 cm³/mol. The van der Waals surface area contributed by atoms with E-state index in [1.54, 1.807) is 6.92 Å². The van der Waals surface area contributed by atoms with Gasteiger partial charge in [-0.2, -0.15) is 0 Å². The number of ketones is 1. The molecule has 0 bridgehead atoms. The van der Waals surface area contributed by atoms with Crippen molar-refractivity contribution in [2.24, 2.45) is 0 Å². The van der Waals surface area contributed by atoms with Crippen LogP contribution in [0.4, 0.5) is 0 Å². The lowest BCUT2D eigenvalue weighted by Gasteiger charge is -1.89. The summed E-state index contributed by atoms with van der Waals surface area (Å²) in [5.74, 6) is 0.121. The summed E-state index contributed by atoms with van der Waals surface area (Å²) >= 11 is 0. The van der Waals surface area contributed by atoms with Gasteiger partial charge in [0, 0.05) is 5.56 Å². The van der Waals surface area contributed by atoms with Gasteiger partial charge in [0.15, 0.2) is 5.78 Å². The normalized spacial score (nSPS) is 8.54. The zero-order valence-electron chi connectivity index (χ0n) is 8.11. The lowest BCUT2D eigenvalue weighted by atomic mass is 10.2. The second kappa shape index (κ2) is 7.46. The molecule has 1 rings (SSSR count). The fourth-order valence-corrected chi connectivity index (χ4v) is 0.673. The van der Waals surface area contributed by atoms with E-state index in [0.717, 1.165) is 5.56 Å². The molecule has 0 heterocycles. The van der Waals surface area contributed by atoms with Crippen molar-refractivity contribution in [3.63, 3.8) is 0 Å². The summed E-state index contributed by atoms with van der Waals surface area (Å²) < 4.78 is 0. The van der Waals surface area contributed by atoms with Crippen LogP contribution in [-0.4, -0.2) is 20.0 Å². The van der Waals surface area contributed by atoms with Crippen molar-refractivity contribution in [3.05, 3.63) is 35.9 Å². The lowest BCUT2D eigenvalue weighted by molar-refractivity contribution is -0.248. The van der Waals surface area contributed by atoms with Crippen LogP contribution in [0.2, 0.25) is 0 Å². The largest absolute Gasteiger partial charge is 0.295 e. The maximum absolute atomic E-state index is 10.6. The maximum Gasteiger partial charge on any atom is 0.159 e. The Kier molecular flexibility index (Phi) is 6.78. The fraction of sp³-hybridized carbons (Fsp3) is 0.300. The first-order valence-electron chi connectivity index (χ1n) is 3.85. The summed E-state index contributed by atoms with van der Waals surface area (Å²) in [6, 6.07) is 9.23. The highest BCUT2D eigenvalue weighted by atomic mass is 17.2. The van der Waals surface area contributed by atoms with Crippen LogP contribution in [0.25, 0.3) is 0 Å². The summed E-state index contributed by atoms with van der Waals surface area (Å²) in [5, 5.41) is 0. The Labute approximate surface area is 78.2 Å². The van der Waals surface area contributed by atoms with Crippen LogP contribution < -0.4 is 0 Å². The number of carbonyl (C=O) groups excluding carboxylic acids is 1. The SMILES string of the molecule is CC(=O)c1ccccc1.COOC. The highest BCUT2D eigenvalue weighted by molar-refractivity contribution is 5.93. The second-order valence-electron chi connectivity index (χ2n) is 2.26. The zero-order valence-corrected chi connectivity index (χ0v) is 8.11. The lowest BCUT2D eigenvalue weighted by Crippen LogP contribution is -1.88. The minimum Gasteiger partial charge on any atom is -0.295 e. The van der Waals surface area contributed by atoms with Gasteiger partial charge in [0.05, 0.1) is 14.2 Å². The molecule has 0 aromatic heterocycles. The van der Waals surface area contributed by atoms with Crippen molar-refractivity contribution < 1.29 is 14.6 Å². The number of Topliss-reactive ketones (excluding diaryl/α,β-unsaturated/α-hetero) is 1. The minimum atomic E-state index is 0.121. The van der Waals surface area contributed by atoms with Gasteiger partial charge in [-0.25, -0.2) is 9.78 Å². The highest BCUT2D eigenvalue weighted by Crippen LogP contribution is 1.97. The molecule has 0 unspecified atom stereocenters. The topological polar surface area (TPSA) is 35.5 Å². The average Bonchev–Trinajstić information content (AvgIpc) is 2.19. The van der Waals surface area contributed by atoms with Gasteiger partial charge in [-0.15, -0.1) is 0 Å². The third-order valence-electron chi connectivity index (χ3n) is 1.35. The first-order chi connectivity index (χ1) is 6.22. The fourth-order valence-electron chi connectivity index (χ4n) is 0.673. The highest BCUT2D eigenvalue weighted by Gasteiger charge is 1.92. The minimum absolute atomic E-state index is 0.121. The Morgan fingerprint density at radius 1 is 1.08 bits per heavy atom. The third-order valence-corrected chi connectivity index (χ3v) is 1.35. The molecular weight excluding hydrogens is 168 g/mol. The second-order valence-corrected chi connectivity index (χ2v) is 2.26. The Hall–Kier alpha value is -1.19. The van der Waals surface area contributed by atoms with E-state index in [1.807, 2.05) is 30.3 Å². The van der Waals surface area contributed by atoms with Gasteiger partial charge in [-0.3, -0.25) is 4.79 Å². The molecule has 0 amide bonds. The van der Waals surface area contributed by atoms with Crippen molar-refractivity contribution in [1.29, 1.82) is 0 Å². The maximum atomic E-state index is 10.6. The summed E-state index contributed by atoms with van der Waals surface area (Å²) in [5.41, 5.74) is 0.775. The number of benzene rings is 1. The Morgan fingerprint density at radius 2 is 1.54 bits per heavy atom. The first-order valence-corrected chi connectivity index (χ1v) is 3.85. The molecule has 0 spiro atoms. The number of hydrogen-bond donors (Lipinski definition) is 0. The standard InChI is InChI=1S/C8H8O.C2H6O2/c1-7(9)8-5-3-2-4-6-8;1-3-4-2/h2-6H,1H3;1-2H3. The third kappa shape index (κ3) is 6.02. The van der Waals surface area contributed by atoms with Crippen molar-refractivity contribution >= 4 is 5.78 Å². The molecule has 0 aliphatic rings. The van der Waals surface area contributed by atoms with Crippen molar-refractivity contribution in [1.82, 2.24) is 0 Å². The molecule has 0 atom stereocenters. The molecule has 0 saturated heterocycles. The number of carbonyl (C=O) groups is 1. The van der Waals surface area contributed by atoms with Gasteiger partial charge in [-0.05, 0) is 6.92 Å². The smallest absolute Gasteiger partial charge is 0.159 e. The van der Waals surface area contributed by atoms with E-state index in [4.69, 9.17) is 0 Å². The van der Waals surface area contributed by atoms with Crippen LogP contribution in [0.15, 0.2) is 30.3 Å². The van der Waals surface area contributed by atoms with Crippen molar-refractivity contribution in [2.45, 2.75) is 6.92 Å². The summed E-state index contributed by atoms with van der Waals surface area (Å²) in [4.78, 5) is 18.7. The molecule has 3 nitrogen and oxygen atoms in total. The Bertz CT molecular complexity index is 229. The van der Waals surface area contributed by atoms with Crippen LogP contribution >= 0.6 is 0 Å². The molecule has 3 heteroatoms. The van der Waals surface area contributed by atoms with Gasteiger partial charge in [-0.1, -0.05) is 30.3 Å². The van der Waals surface area contributed by atoms with Gasteiger partial charge in [0.25, 0.3) is 0 Å². The Balaban J connectivity index is 0.000000310. The van der Waals surface area contributed by atoms with E-state index in [-0.39, 0.29) is 5.78 Å². The van der Waals surface area contributed by atoms with Gasteiger partial charge >= 0.3 is 0 Å². The summed E-state index contributed by atoms with van der Waals surface area (Å²) in [7, 11) is 2.92. The summed E-state index contributed by atoms with van der Waals surface area (Å²) in [6.45, 7) is 1.56. The van der Waals surface area contributed by atoms with Gasteiger partial charge < -0.3 is 0 Å². The Morgan fingerprint density at radius 3 is 1.77 bits per heavy atom. The van der Waals surface area contributed by atoms with Crippen molar-refractivity contribution in [2.75, 3.05) is 14.2 Å². The zero-order chi connectivity index (χ0) is 10.1. The van der Waals surface area contributed by atoms with Crippen LogP contribution in [0.1, 0.15) is 17.3 Å². The molecule has 13 heavy (non-hydrogen) atoms. The number of rotatable bonds is 2. The molecule has 0 aliphatic carbocycles. The predicted octanol–water partition coefficient (Wildman–Crippen LogP) is 2.08. The molecule has 0 aliphatic heterocycles. The molecule has 0 radical (unpaired) electrons. The molecule has 0 N–H and O–H groups in total. The van der Waals surface area contributed by atoms with Crippen LogP contribution in [-0.2, 0) is 9.78 Å². The molecule has 0 fully saturated rings. The van der Waals surface area contributed by atoms with Crippen LogP contribution in [0, 0.1) is 0 Å². The first kappa shape index (κ1) is 11.8.